The Balaban J connectivity index is 2.31. The van der Waals surface area contributed by atoms with E-state index >= 15 is 0 Å². The van der Waals surface area contributed by atoms with E-state index in [0.29, 0.717) is 9.34 Å². The summed E-state index contributed by atoms with van der Waals surface area (Å²) in [4.78, 5) is 4.04. The van der Waals surface area contributed by atoms with E-state index < -0.39 is 6.10 Å². The average molecular weight is 244 g/mol. The van der Waals surface area contributed by atoms with E-state index in [2.05, 4.69) is 10.1 Å². The highest BCUT2D eigenvalue weighted by Crippen LogP contribution is 2.28. The summed E-state index contributed by atoms with van der Waals surface area (Å²) in [6.07, 6.45) is 2.46. The van der Waals surface area contributed by atoms with Gasteiger partial charge in [-0.25, -0.2) is 4.98 Å². The topological polar surface area (TPSA) is 50.9 Å². The second-order valence-electron chi connectivity index (χ2n) is 2.98. The molecule has 0 bridgehead atoms. The van der Waals surface area contributed by atoms with Gasteiger partial charge in [0.1, 0.15) is 15.4 Å². The van der Waals surface area contributed by atoms with Crippen LogP contribution in [0.25, 0.3) is 0 Å². The highest BCUT2D eigenvalue weighted by molar-refractivity contribution is 7.15. The van der Waals surface area contributed by atoms with Crippen LogP contribution in [0.15, 0.2) is 18.5 Å². The Morgan fingerprint density at radius 1 is 1.67 bits per heavy atom. The van der Waals surface area contributed by atoms with Crippen LogP contribution in [0.4, 0.5) is 0 Å². The van der Waals surface area contributed by atoms with Crippen LogP contribution in [0.1, 0.15) is 23.7 Å². The number of nitrogens with zero attached hydrogens (tertiary/aromatic N) is 3. The fourth-order valence-corrected chi connectivity index (χ4v) is 2.29. The van der Waals surface area contributed by atoms with Gasteiger partial charge in [0.15, 0.2) is 0 Å². The molecule has 0 aliphatic heterocycles. The van der Waals surface area contributed by atoms with Gasteiger partial charge in [-0.1, -0.05) is 11.6 Å². The molecule has 2 aromatic heterocycles. The molecule has 0 aliphatic carbocycles. The molecule has 1 atom stereocenters. The predicted octanol–water partition coefficient (Wildman–Crippen LogP) is 2.09. The Hall–Kier alpha value is -0.910. The lowest BCUT2D eigenvalue weighted by atomic mass is 10.2. The molecule has 2 aromatic rings. The van der Waals surface area contributed by atoms with Gasteiger partial charge < -0.3 is 5.11 Å². The molecule has 0 aromatic carbocycles. The first-order chi connectivity index (χ1) is 7.22. The lowest BCUT2D eigenvalue weighted by molar-refractivity contribution is 0.207. The van der Waals surface area contributed by atoms with E-state index in [1.807, 2.05) is 6.92 Å². The van der Waals surface area contributed by atoms with Gasteiger partial charge in [0, 0.05) is 12.7 Å². The molecule has 0 fully saturated rings. The smallest absolute Gasteiger partial charge is 0.147 e. The monoisotopic (exact) mass is 243 g/mol. The summed E-state index contributed by atoms with van der Waals surface area (Å²) in [5.74, 6) is 0. The predicted molar refractivity (Wildman–Crippen MR) is 59.1 cm³/mol. The van der Waals surface area contributed by atoms with Crippen molar-refractivity contribution in [1.29, 1.82) is 0 Å². The van der Waals surface area contributed by atoms with Crippen LogP contribution in [0, 0.1) is 0 Å². The molecule has 0 radical (unpaired) electrons. The summed E-state index contributed by atoms with van der Waals surface area (Å²) in [7, 11) is 0. The lowest BCUT2D eigenvalue weighted by Crippen LogP contribution is -2.08. The first-order valence-corrected chi connectivity index (χ1v) is 5.72. The minimum absolute atomic E-state index is 0.576. The zero-order valence-corrected chi connectivity index (χ0v) is 9.66. The molecule has 0 saturated heterocycles. The molecule has 0 spiro atoms. The fourth-order valence-electron chi connectivity index (χ4n) is 1.36. The number of aliphatic hydroxyl groups excluding tert-OH is 1. The van der Waals surface area contributed by atoms with E-state index in [-0.39, 0.29) is 0 Å². The van der Waals surface area contributed by atoms with E-state index in [0.717, 1.165) is 12.2 Å². The van der Waals surface area contributed by atoms with Crippen molar-refractivity contribution >= 4 is 22.9 Å². The molecule has 1 N–H and O–H groups in total. The first kappa shape index (κ1) is 10.6. The van der Waals surface area contributed by atoms with Crippen molar-refractivity contribution < 1.29 is 5.11 Å². The van der Waals surface area contributed by atoms with Crippen molar-refractivity contribution in [3.63, 3.8) is 0 Å². The molecule has 0 saturated carbocycles. The van der Waals surface area contributed by atoms with Crippen molar-refractivity contribution in [3.05, 3.63) is 33.5 Å². The molecule has 1 unspecified atom stereocenters. The van der Waals surface area contributed by atoms with Gasteiger partial charge in [0.05, 0.1) is 11.9 Å². The molecule has 0 aliphatic rings. The number of aliphatic hydroxyl groups is 1. The minimum Gasteiger partial charge on any atom is -0.380 e. The van der Waals surface area contributed by atoms with Crippen LogP contribution >= 0.6 is 22.9 Å². The maximum Gasteiger partial charge on any atom is 0.147 e. The first-order valence-electron chi connectivity index (χ1n) is 4.53. The Bertz CT molecular complexity index is 454. The van der Waals surface area contributed by atoms with Crippen LogP contribution in [0.2, 0.25) is 4.34 Å². The van der Waals surface area contributed by atoms with Gasteiger partial charge in [-0.2, -0.15) is 5.10 Å². The Kier molecular flexibility index (Phi) is 3.04. The quantitative estimate of drug-likeness (QED) is 0.898. The van der Waals surface area contributed by atoms with E-state index in [1.165, 1.54) is 17.5 Å². The van der Waals surface area contributed by atoms with Crippen molar-refractivity contribution in [2.75, 3.05) is 0 Å². The SMILES string of the molecule is CCn1nccc1C(O)c1ncc(Cl)s1. The van der Waals surface area contributed by atoms with Crippen LogP contribution in [-0.2, 0) is 6.54 Å². The van der Waals surface area contributed by atoms with Crippen molar-refractivity contribution in [2.45, 2.75) is 19.6 Å². The van der Waals surface area contributed by atoms with Crippen LogP contribution in [0.5, 0.6) is 0 Å². The molecule has 4 nitrogen and oxygen atoms in total. The summed E-state index contributed by atoms with van der Waals surface area (Å²) in [5.41, 5.74) is 0.739. The van der Waals surface area contributed by atoms with Gasteiger partial charge in [-0.05, 0) is 13.0 Å². The number of hydrogen-bond acceptors (Lipinski definition) is 4. The number of halogens is 1. The van der Waals surface area contributed by atoms with Crippen LogP contribution in [-0.4, -0.2) is 19.9 Å². The zero-order chi connectivity index (χ0) is 10.8. The Labute approximate surface area is 96.1 Å². The molecular formula is C9H10ClN3OS. The molecule has 0 amide bonds. The number of rotatable bonds is 3. The summed E-state index contributed by atoms with van der Waals surface area (Å²) in [5, 5.41) is 14.7. The summed E-state index contributed by atoms with van der Waals surface area (Å²) >= 11 is 7.04. The van der Waals surface area contributed by atoms with Crippen LogP contribution < -0.4 is 0 Å². The normalized spacial score (nSPS) is 13.0. The van der Waals surface area contributed by atoms with Crippen LogP contribution in [0.3, 0.4) is 0 Å². The third-order valence-corrected chi connectivity index (χ3v) is 3.23. The lowest BCUT2D eigenvalue weighted by Gasteiger charge is -2.09. The van der Waals surface area contributed by atoms with Gasteiger partial charge >= 0.3 is 0 Å². The third-order valence-electron chi connectivity index (χ3n) is 2.06. The largest absolute Gasteiger partial charge is 0.380 e. The highest BCUT2D eigenvalue weighted by Gasteiger charge is 2.17. The maximum atomic E-state index is 10.0. The summed E-state index contributed by atoms with van der Waals surface area (Å²) < 4.78 is 2.31. The summed E-state index contributed by atoms with van der Waals surface area (Å²) in [6, 6.07) is 1.78. The second kappa shape index (κ2) is 4.30. The average Bonchev–Trinajstić information content (AvgIpc) is 2.84. The molecule has 2 heterocycles. The maximum absolute atomic E-state index is 10.0. The highest BCUT2D eigenvalue weighted by atomic mass is 35.5. The van der Waals surface area contributed by atoms with Crippen molar-refractivity contribution in [1.82, 2.24) is 14.8 Å². The Morgan fingerprint density at radius 2 is 2.47 bits per heavy atom. The van der Waals surface area contributed by atoms with Crippen molar-refractivity contribution in [3.8, 4) is 0 Å². The second-order valence-corrected chi connectivity index (χ2v) is 4.67. The number of hydrogen-bond donors (Lipinski definition) is 1. The summed E-state index contributed by atoms with van der Waals surface area (Å²) in [6.45, 7) is 2.69. The number of aromatic nitrogens is 3. The number of aryl methyl sites for hydroxylation is 1. The molecule has 2 rings (SSSR count). The van der Waals surface area contributed by atoms with E-state index in [9.17, 15) is 5.11 Å². The minimum atomic E-state index is -0.745. The Morgan fingerprint density at radius 3 is 3.07 bits per heavy atom. The van der Waals surface area contributed by atoms with E-state index in [1.54, 1.807) is 16.9 Å². The standard InChI is InChI=1S/C9H10ClN3OS/c1-2-13-6(3-4-12-13)8(14)9-11-5-7(10)15-9/h3-5,8,14H,2H2,1H3. The molecule has 15 heavy (non-hydrogen) atoms. The molecular weight excluding hydrogens is 234 g/mol. The molecule has 80 valence electrons. The van der Waals surface area contributed by atoms with Gasteiger partial charge in [-0.3, -0.25) is 4.68 Å². The van der Waals surface area contributed by atoms with Gasteiger partial charge in [-0.15, -0.1) is 11.3 Å². The van der Waals surface area contributed by atoms with Gasteiger partial charge in [0.2, 0.25) is 0 Å². The van der Waals surface area contributed by atoms with Gasteiger partial charge in [0.25, 0.3) is 0 Å². The third kappa shape index (κ3) is 2.04. The fraction of sp³-hybridized carbons (Fsp3) is 0.333. The van der Waals surface area contributed by atoms with Crippen molar-refractivity contribution in [2.24, 2.45) is 0 Å². The number of thiazole rings is 1. The zero-order valence-electron chi connectivity index (χ0n) is 8.09. The van der Waals surface area contributed by atoms with E-state index in [4.69, 9.17) is 11.6 Å². The molecule has 6 heteroatoms.